The first-order valence-electron chi connectivity index (χ1n) is 7.49. The average Bonchev–Trinajstić information content (AvgIpc) is 2.95. The molecule has 1 aliphatic rings. The third-order valence-electron chi connectivity index (χ3n) is 4.03. The van der Waals surface area contributed by atoms with Crippen LogP contribution in [0.25, 0.3) is 5.52 Å². The average molecular weight is 320 g/mol. The van der Waals surface area contributed by atoms with Gasteiger partial charge in [0.05, 0.1) is 28.8 Å². The SMILES string of the molecule is CCOC(=O)c1c2c(n3ccccc13)C(=O)c1ncccc1C2=O. The molecule has 0 radical (unpaired) electrons. The van der Waals surface area contributed by atoms with Crippen LogP contribution in [0.2, 0.25) is 0 Å². The maximum absolute atomic E-state index is 12.9. The van der Waals surface area contributed by atoms with Crippen molar-refractivity contribution in [3.63, 3.8) is 0 Å². The predicted octanol–water partition coefficient (Wildman–Crippen LogP) is 2.29. The van der Waals surface area contributed by atoms with E-state index in [0.29, 0.717) is 5.52 Å². The van der Waals surface area contributed by atoms with Crippen LogP contribution in [0.1, 0.15) is 49.4 Å². The summed E-state index contributed by atoms with van der Waals surface area (Å²) in [4.78, 5) is 42.3. The zero-order valence-electron chi connectivity index (χ0n) is 12.8. The fraction of sp³-hybridized carbons (Fsp3) is 0.111. The summed E-state index contributed by atoms with van der Waals surface area (Å²) in [5.41, 5.74) is 1.15. The van der Waals surface area contributed by atoms with Crippen LogP contribution < -0.4 is 0 Å². The van der Waals surface area contributed by atoms with Crippen molar-refractivity contribution in [3.8, 4) is 0 Å². The molecule has 6 heteroatoms. The van der Waals surface area contributed by atoms with Crippen LogP contribution in [-0.4, -0.2) is 33.5 Å². The zero-order chi connectivity index (χ0) is 16.8. The summed E-state index contributed by atoms with van der Waals surface area (Å²) >= 11 is 0. The number of ether oxygens (including phenoxy) is 1. The topological polar surface area (TPSA) is 77.7 Å². The molecule has 0 N–H and O–H groups in total. The highest BCUT2D eigenvalue weighted by molar-refractivity contribution is 6.31. The number of aromatic nitrogens is 2. The lowest BCUT2D eigenvalue weighted by atomic mass is 9.89. The number of ketones is 2. The van der Waals surface area contributed by atoms with Crippen molar-refractivity contribution in [3.05, 3.63) is 70.8 Å². The molecule has 0 fully saturated rings. The van der Waals surface area contributed by atoms with Gasteiger partial charge in [-0.3, -0.25) is 14.6 Å². The maximum atomic E-state index is 12.9. The van der Waals surface area contributed by atoms with Crippen LogP contribution in [-0.2, 0) is 4.74 Å². The number of hydrogen-bond donors (Lipinski definition) is 0. The molecule has 0 bridgehead atoms. The summed E-state index contributed by atoms with van der Waals surface area (Å²) in [5.74, 6) is -1.38. The van der Waals surface area contributed by atoms with E-state index in [0.717, 1.165) is 0 Å². The van der Waals surface area contributed by atoms with Gasteiger partial charge in [0.1, 0.15) is 11.4 Å². The second kappa shape index (κ2) is 5.13. The van der Waals surface area contributed by atoms with Crippen LogP contribution in [0.4, 0.5) is 0 Å². The quantitative estimate of drug-likeness (QED) is 0.530. The third kappa shape index (κ3) is 1.76. The van der Waals surface area contributed by atoms with Gasteiger partial charge in [-0.15, -0.1) is 0 Å². The van der Waals surface area contributed by atoms with Gasteiger partial charge in [-0.2, -0.15) is 0 Å². The van der Waals surface area contributed by atoms with Crippen LogP contribution in [0, 0.1) is 0 Å². The minimum Gasteiger partial charge on any atom is -0.462 e. The van der Waals surface area contributed by atoms with Crippen LogP contribution in [0.5, 0.6) is 0 Å². The Hall–Kier alpha value is -3.28. The molecule has 0 spiro atoms. The Morgan fingerprint density at radius 2 is 2.00 bits per heavy atom. The smallest absolute Gasteiger partial charge is 0.341 e. The molecule has 118 valence electrons. The summed E-state index contributed by atoms with van der Waals surface area (Å²) < 4.78 is 6.66. The van der Waals surface area contributed by atoms with Crippen molar-refractivity contribution in [2.45, 2.75) is 6.92 Å². The fourth-order valence-electron chi connectivity index (χ4n) is 3.08. The summed E-state index contributed by atoms with van der Waals surface area (Å²) in [6, 6.07) is 8.29. The number of esters is 1. The summed E-state index contributed by atoms with van der Waals surface area (Å²) in [6.07, 6.45) is 3.12. The zero-order valence-corrected chi connectivity index (χ0v) is 12.8. The second-order valence-corrected chi connectivity index (χ2v) is 5.33. The van der Waals surface area contributed by atoms with Crippen molar-refractivity contribution in [1.29, 1.82) is 0 Å². The molecule has 0 unspecified atom stereocenters. The predicted molar refractivity (Wildman–Crippen MR) is 84.5 cm³/mol. The summed E-state index contributed by atoms with van der Waals surface area (Å²) in [7, 11) is 0. The highest BCUT2D eigenvalue weighted by atomic mass is 16.5. The Morgan fingerprint density at radius 1 is 1.17 bits per heavy atom. The van der Waals surface area contributed by atoms with Crippen molar-refractivity contribution < 1.29 is 19.1 Å². The van der Waals surface area contributed by atoms with Gasteiger partial charge in [0, 0.05) is 12.4 Å². The van der Waals surface area contributed by atoms with E-state index >= 15 is 0 Å². The van der Waals surface area contributed by atoms with Gasteiger partial charge >= 0.3 is 5.97 Å². The fourth-order valence-corrected chi connectivity index (χ4v) is 3.08. The molecular formula is C18H12N2O4. The van der Waals surface area contributed by atoms with Crippen molar-refractivity contribution in [2.75, 3.05) is 6.61 Å². The molecule has 0 saturated carbocycles. The van der Waals surface area contributed by atoms with E-state index in [9.17, 15) is 14.4 Å². The van der Waals surface area contributed by atoms with E-state index < -0.39 is 5.97 Å². The molecule has 0 aromatic carbocycles. The van der Waals surface area contributed by atoms with Gasteiger partial charge in [-0.25, -0.2) is 4.79 Å². The summed E-state index contributed by atoms with van der Waals surface area (Å²) in [5, 5.41) is 0. The van der Waals surface area contributed by atoms with Crippen molar-refractivity contribution in [2.24, 2.45) is 0 Å². The highest BCUT2D eigenvalue weighted by Crippen LogP contribution is 2.33. The molecule has 3 heterocycles. The minimum absolute atomic E-state index is 0.0881. The Kier molecular flexibility index (Phi) is 3.06. The lowest BCUT2D eigenvalue weighted by Crippen LogP contribution is -2.24. The van der Waals surface area contributed by atoms with E-state index in [1.54, 1.807) is 47.9 Å². The molecular weight excluding hydrogens is 308 g/mol. The molecule has 3 aromatic rings. The molecule has 1 aliphatic carbocycles. The van der Waals surface area contributed by atoms with Crippen LogP contribution in [0.3, 0.4) is 0 Å². The first-order chi connectivity index (χ1) is 11.6. The van der Waals surface area contributed by atoms with Crippen LogP contribution in [0.15, 0.2) is 42.7 Å². The standard InChI is InChI=1S/C18H12N2O4/c1-2-24-18(23)12-11-7-3-4-9-20(11)15-13(12)16(21)10-6-5-8-19-14(10)17(15)22/h3-9H,2H2,1H3. The van der Waals surface area contributed by atoms with Gasteiger partial charge in [0.25, 0.3) is 0 Å². The number of nitrogens with zero attached hydrogens (tertiary/aromatic N) is 2. The van der Waals surface area contributed by atoms with E-state index in [-0.39, 0.29) is 46.3 Å². The molecule has 0 aliphatic heterocycles. The third-order valence-corrected chi connectivity index (χ3v) is 4.03. The normalized spacial score (nSPS) is 12.9. The van der Waals surface area contributed by atoms with Gasteiger partial charge in [-0.1, -0.05) is 6.07 Å². The molecule has 3 aromatic heterocycles. The number of carbonyl (C=O) groups excluding carboxylic acids is 3. The molecule has 0 amide bonds. The number of hydrogen-bond acceptors (Lipinski definition) is 5. The van der Waals surface area contributed by atoms with E-state index in [2.05, 4.69) is 4.98 Å². The number of fused-ring (bicyclic) bond motifs is 4. The molecule has 24 heavy (non-hydrogen) atoms. The first kappa shape index (κ1) is 14.3. The van der Waals surface area contributed by atoms with Crippen LogP contribution >= 0.6 is 0 Å². The highest BCUT2D eigenvalue weighted by Gasteiger charge is 2.38. The maximum Gasteiger partial charge on any atom is 0.341 e. The number of pyridine rings is 2. The molecule has 6 nitrogen and oxygen atoms in total. The lowest BCUT2D eigenvalue weighted by Gasteiger charge is -2.14. The van der Waals surface area contributed by atoms with Crippen molar-refractivity contribution >= 4 is 23.1 Å². The molecule has 4 rings (SSSR count). The van der Waals surface area contributed by atoms with E-state index in [4.69, 9.17) is 4.74 Å². The number of rotatable bonds is 2. The van der Waals surface area contributed by atoms with Gasteiger partial charge in [-0.05, 0) is 31.2 Å². The molecule has 0 atom stereocenters. The lowest BCUT2D eigenvalue weighted by molar-refractivity contribution is 0.0526. The largest absolute Gasteiger partial charge is 0.462 e. The Balaban J connectivity index is 2.11. The van der Waals surface area contributed by atoms with E-state index in [1.165, 1.54) is 6.20 Å². The van der Waals surface area contributed by atoms with E-state index in [1.807, 2.05) is 0 Å². The molecule has 0 saturated heterocycles. The Labute approximate surface area is 136 Å². The van der Waals surface area contributed by atoms with Gasteiger partial charge < -0.3 is 9.14 Å². The Bertz CT molecular complexity index is 1030. The first-order valence-corrected chi connectivity index (χ1v) is 7.49. The van der Waals surface area contributed by atoms with Gasteiger partial charge in [0.15, 0.2) is 5.78 Å². The van der Waals surface area contributed by atoms with Gasteiger partial charge in [0.2, 0.25) is 5.78 Å². The van der Waals surface area contributed by atoms with Crippen molar-refractivity contribution in [1.82, 2.24) is 9.38 Å². The summed E-state index contributed by atoms with van der Waals surface area (Å²) in [6.45, 7) is 1.87. The Morgan fingerprint density at radius 3 is 2.79 bits per heavy atom. The second-order valence-electron chi connectivity index (χ2n) is 5.33. The monoisotopic (exact) mass is 320 g/mol. The minimum atomic E-state index is -0.615. The number of carbonyl (C=O) groups is 3.